The Labute approximate surface area is 193 Å². The first-order valence-corrected chi connectivity index (χ1v) is 11.1. The van der Waals surface area contributed by atoms with Crippen LogP contribution in [0.3, 0.4) is 0 Å². The van der Waals surface area contributed by atoms with Crippen molar-refractivity contribution in [1.82, 2.24) is 5.43 Å². The molecule has 1 aliphatic heterocycles. The van der Waals surface area contributed by atoms with Crippen molar-refractivity contribution in [3.05, 3.63) is 63.1 Å². The molecule has 31 heavy (non-hydrogen) atoms. The Balaban J connectivity index is 1.89. The van der Waals surface area contributed by atoms with E-state index >= 15 is 0 Å². The Kier molecular flexibility index (Phi) is 6.60. The molecule has 0 saturated carbocycles. The number of ether oxygens (including phenoxy) is 1. The molecule has 0 aliphatic carbocycles. The van der Waals surface area contributed by atoms with Gasteiger partial charge in [-0.15, -0.1) is 0 Å². The van der Waals surface area contributed by atoms with E-state index in [2.05, 4.69) is 91.1 Å². The summed E-state index contributed by atoms with van der Waals surface area (Å²) < 4.78 is 6.08. The molecule has 0 radical (unpaired) electrons. The van der Waals surface area contributed by atoms with Crippen LogP contribution in [0.4, 0.5) is 5.69 Å². The van der Waals surface area contributed by atoms with Crippen LogP contribution in [0.1, 0.15) is 61.7 Å². The van der Waals surface area contributed by atoms with Gasteiger partial charge in [-0.2, -0.15) is 5.10 Å². The fraction of sp³-hybridized carbons (Fsp3) is 0.360. The van der Waals surface area contributed by atoms with Gasteiger partial charge in [0.2, 0.25) is 0 Å². The van der Waals surface area contributed by atoms with Crippen LogP contribution in [0, 0.1) is 6.92 Å². The fourth-order valence-electron chi connectivity index (χ4n) is 4.37. The van der Waals surface area contributed by atoms with Crippen molar-refractivity contribution < 1.29 is 9.53 Å². The van der Waals surface area contributed by atoms with Crippen LogP contribution in [-0.2, 0) is 0 Å². The second kappa shape index (κ2) is 8.87. The van der Waals surface area contributed by atoms with E-state index in [1.54, 1.807) is 18.3 Å². The highest BCUT2D eigenvalue weighted by atomic mass is 79.9. The number of hydrogen-bond acceptors (Lipinski definition) is 4. The lowest BCUT2D eigenvalue weighted by molar-refractivity contribution is 0.0952. The number of nitrogens with one attached hydrogen (secondary N) is 1. The number of amides is 1. The number of rotatable bonds is 5. The zero-order valence-electron chi connectivity index (χ0n) is 19.2. The number of hydrogen-bond donors (Lipinski definition) is 1. The molecule has 0 bridgehead atoms. The van der Waals surface area contributed by atoms with E-state index in [9.17, 15) is 4.79 Å². The van der Waals surface area contributed by atoms with Crippen molar-refractivity contribution in [2.24, 2.45) is 5.10 Å². The molecule has 1 amide bonds. The monoisotopic (exact) mass is 483 g/mol. The van der Waals surface area contributed by atoms with Crippen molar-refractivity contribution in [3.8, 4) is 5.75 Å². The van der Waals surface area contributed by atoms with E-state index in [1.165, 1.54) is 23.9 Å². The minimum Gasteiger partial charge on any atom is -0.496 e. The largest absolute Gasteiger partial charge is 0.496 e. The van der Waals surface area contributed by atoms with E-state index < -0.39 is 0 Å². The van der Waals surface area contributed by atoms with Gasteiger partial charge in [-0.05, 0) is 88.6 Å². The maximum absolute atomic E-state index is 12.6. The maximum Gasteiger partial charge on any atom is 0.275 e. The fourth-order valence-corrected chi connectivity index (χ4v) is 4.73. The van der Waals surface area contributed by atoms with Crippen molar-refractivity contribution in [2.45, 2.75) is 53.1 Å². The van der Waals surface area contributed by atoms with Crippen LogP contribution < -0.4 is 15.1 Å². The number of carbonyl (C=O) groups excluding carboxylic acids is 1. The first-order valence-electron chi connectivity index (χ1n) is 10.4. The summed E-state index contributed by atoms with van der Waals surface area (Å²) >= 11 is 3.39. The molecule has 2 aromatic rings. The van der Waals surface area contributed by atoms with Gasteiger partial charge in [-0.1, -0.05) is 22.0 Å². The molecule has 0 aromatic heterocycles. The van der Waals surface area contributed by atoms with E-state index in [0.29, 0.717) is 17.4 Å². The average Bonchev–Trinajstić information content (AvgIpc) is 2.67. The first-order chi connectivity index (χ1) is 14.5. The Morgan fingerprint density at radius 3 is 2.58 bits per heavy atom. The van der Waals surface area contributed by atoms with Gasteiger partial charge in [-0.3, -0.25) is 4.79 Å². The normalized spacial score (nSPS) is 15.1. The summed E-state index contributed by atoms with van der Waals surface area (Å²) in [4.78, 5) is 15.0. The van der Waals surface area contributed by atoms with Gasteiger partial charge in [0.25, 0.3) is 5.91 Å². The topological polar surface area (TPSA) is 53.9 Å². The number of anilines is 1. The van der Waals surface area contributed by atoms with Gasteiger partial charge < -0.3 is 9.64 Å². The van der Waals surface area contributed by atoms with E-state index in [1.807, 2.05) is 6.07 Å². The lowest BCUT2D eigenvalue weighted by atomic mass is 9.86. The third kappa shape index (κ3) is 4.69. The molecule has 0 atom stereocenters. The van der Waals surface area contributed by atoms with E-state index in [4.69, 9.17) is 4.74 Å². The van der Waals surface area contributed by atoms with Gasteiger partial charge >= 0.3 is 0 Å². The summed E-state index contributed by atoms with van der Waals surface area (Å²) in [5.74, 6) is 0.173. The summed E-state index contributed by atoms with van der Waals surface area (Å²) in [7, 11) is 1.54. The van der Waals surface area contributed by atoms with Crippen LogP contribution in [0.25, 0.3) is 5.57 Å². The standard InChI is InChI=1S/C25H30BrN3O2/c1-15(2)29-22-10-16(3)18(11-20(22)17(4)13-25(29,5)6)14-27-28-24(30)21-12-19(26)8-9-23(21)31-7/h8-15H,1-7H3,(H,28,30)/b27-14+. The third-order valence-electron chi connectivity index (χ3n) is 5.55. The number of hydrazone groups is 1. The molecule has 1 aliphatic rings. The molecule has 0 unspecified atom stereocenters. The smallest absolute Gasteiger partial charge is 0.275 e. The van der Waals surface area contributed by atoms with Gasteiger partial charge in [0, 0.05) is 21.8 Å². The van der Waals surface area contributed by atoms with Crippen molar-refractivity contribution >= 4 is 39.3 Å². The number of aryl methyl sites for hydroxylation is 1. The minimum absolute atomic E-state index is 0.0513. The number of nitrogens with zero attached hydrogens (tertiary/aromatic N) is 2. The van der Waals surface area contributed by atoms with Crippen molar-refractivity contribution in [1.29, 1.82) is 0 Å². The molecule has 6 heteroatoms. The third-order valence-corrected chi connectivity index (χ3v) is 6.04. The summed E-state index contributed by atoms with van der Waals surface area (Å²) in [6.45, 7) is 13.1. The molecule has 5 nitrogen and oxygen atoms in total. The van der Waals surface area contributed by atoms with Crippen LogP contribution in [0.5, 0.6) is 5.75 Å². The molecule has 1 heterocycles. The van der Waals surface area contributed by atoms with Crippen LogP contribution in [-0.4, -0.2) is 30.8 Å². The highest BCUT2D eigenvalue weighted by Gasteiger charge is 2.33. The first kappa shape index (κ1) is 23.1. The molecule has 0 spiro atoms. The predicted molar refractivity (Wildman–Crippen MR) is 132 cm³/mol. The molecule has 3 rings (SSSR count). The van der Waals surface area contributed by atoms with Gasteiger partial charge in [0.05, 0.1) is 24.4 Å². The maximum atomic E-state index is 12.6. The summed E-state index contributed by atoms with van der Waals surface area (Å²) in [6, 6.07) is 10.0. The lowest BCUT2D eigenvalue weighted by Gasteiger charge is -2.46. The quantitative estimate of drug-likeness (QED) is 0.422. The molecular weight excluding hydrogens is 454 g/mol. The average molecular weight is 484 g/mol. The molecule has 0 saturated heterocycles. The van der Waals surface area contributed by atoms with E-state index in [-0.39, 0.29) is 11.4 Å². The minimum atomic E-state index is -0.325. The lowest BCUT2D eigenvalue weighted by Crippen LogP contribution is -2.49. The highest BCUT2D eigenvalue weighted by Crippen LogP contribution is 2.41. The van der Waals surface area contributed by atoms with Crippen molar-refractivity contribution in [3.63, 3.8) is 0 Å². The van der Waals surface area contributed by atoms with Crippen LogP contribution in [0.2, 0.25) is 0 Å². The van der Waals surface area contributed by atoms with Gasteiger partial charge in [0.15, 0.2) is 0 Å². The zero-order valence-corrected chi connectivity index (χ0v) is 20.8. The van der Waals surface area contributed by atoms with Crippen LogP contribution in [0.15, 0.2) is 46.0 Å². The Bertz CT molecular complexity index is 1070. The molecule has 164 valence electrons. The Morgan fingerprint density at radius 2 is 1.94 bits per heavy atom. The summed E-state index contributed by atoms with van der Waals surface area (Å²) in [6.07, 6.45) is 4.01. The van der Waals surface area contributed by atoms with Gasteiger partial charge in [0.1, 0.15) is 5.75 Å². The Morgan fingerprint density at radius 1 is 1.23 bits per heavy atom. The number of fused-ring (bicyclic) bond motifs is 1. The van der Waals surface area contributed by atoms with Crippen molar-refractivity contribution in [2.75, 3.05) is 12.0 Å². The number of benzene rings is 2. The predicted octanol–water partition coefficient (Wildman–Crippen LogP) is 5.94. The molecular formula is C25H30BrN3O2. The molecule has 1 N–H and O–H groups in total. The second-order valence-corrected chi connectivity index (χ2v) is 9.63. The SMILES string of the molecule is COc1ccc(Br)cc1C(=O)N/N=C/c1cc2c(cc1C)N(C(C)C)C(C)(C)C=C2C. The number of carbonyl (C=O) groups is 1. The number of allylic oxidation sites excluding steroid dienone is 1. The second-order valence-electron chi connectivity index (χ2n) is 8.71. The van der Waals surface area contributed by atoms with E-state index in [0.717, 1.165) is 15.6 Å². The highest BCUT2D eigenvalue weighted by molar-refractivity contribution is 9.10. The summed E-state index contributed by atoms with van der Waals surface area (Å²) in [5.41, 5.74) is 8.73. The number of methoxy groups -OCH3 is 1. The Hall–Kier alpha value is -2.60. The number of halogens is 1. The zero-order chi connectivity index (χ0) is 22.9. The van der Waals surface area contributed by atoms with Gasteiger partial charge in [-0.25, -0.2) is 5.43 Å². The van der Waals surface area contributed by atoms with Crippen LogP contribution >= 0.6 is 15.9 Å². The summed E-state index contributed by atoms with van der Waals surface area (Å²) in [5, 5.41) is 4.21. The molecule has 2 aromatic carbocycles. The molecule has 0 fully saturated rings.